The van der Waals surface area contributed by atoms with Gasteiger partial charge in [0.05, 0.1) is 12.8 Å². The largest absolute Gasteiger partial charge is 0.497 e. The van der Waals surface area contributed by atoms with Crippen LogP contribution in [0.2, 0.25) is 0 Å². The number of amides is 1. The molecule has 0 spiro atoms. The molecule has 1 amide bonds. The van der Waals surface area contributed by atoms with Gasteiger partial charge in [0.2, 0.25) is 0 Å². The Balaban J connectivity index is 1.47. The van der Waals surface area contributed by atoms with Gasteiger partial charge >= 0.3 is 6.18 Å². The fourth-order valence-electron chi connectivity index (χ4n) is 5.01. The molecule has 1 fully saturated rings. The fraction of sp³-hybridized carbons (Fsp3) is 0.407. The molecule has 1 aromatic heterocycles. The van der Waals surface area contributed by atoms with Crippen LogP contribution in [0, 0.1) is 0 Å². The summed E-state index contributed by atoms with van der Waals surface area (Å²) in [5, 5.41) is 3.86. The molecule has 190 valence electrons. The molecule has 0 radical (unpaired) electrons. The van der Waals surface area contributed by atoms with E-state index in [1.54, 1.807) is 29.2 Å². The van der Waals surface area contributed by atoms with Crippen LogP contribution in [-0.4, -0.2) is 54.9 Å². The van der Waals surface area contributed by atoms with Gasteiger partial charge in [-0.05, 0) is 93.7 Å². The van der Waals surface area contributed by atoms with Gasteiger partial charge in [0.15, 0.2) is 5.69 Å². The number of benzene rings is 2. The highest BCUT2D eigenvalue weighted by Crippen LogP contribution is 2.51. The summed E-state index contributed by atoms with van der Waals surface area (Å²) in [6, 6.07) is 14.4. The predicted octanol–water partition coefficient (Wildman–Crippen LogP) is 5.09. The molecule has 3 aromatic rings. The van der Waals surface area contributed by atoms with Crippen LogP contribution in [0.15, 0.2) is 48.5 Å². The van der Waals surface area contributed by atoms with Crippen LogP contribution in [0.3, 0.4) is 0 Å². The number of halogens is 3. The minimum absolute atomic E-state index is 0.0486. The Labute approximate surface area is 208 Å². The Morgan fingerprint density at radius 1 is 1.03 bits per heavy atom. The Bertz CT molecular complexity index is 1260. The third kappa shape index (κ3) is 4.36. The topological polar surface area (TPSA) is 50.6 Å². The highest BCUT2D eigenvalue weighted by Gasteiger charge is 2.45. The second-order valence-electron chi connectivity index (χ2n) is 9.87. The van der Waals surface area contributed by atoms with Gasteiger partial charge < -0.3 is 14.5 Å². The number of carbonyl (C=O) groups is 1. The van der Waals surface area contributed by atoms with Crippen molar-refractivity contribution in [2.45, 2.75) is 37.3 Å². The van der Waals surface area contributed by atoms with Gasteiger partial charge in [-0.1, -0.05) is 12.1 Å². The number of nitrogens with zero attached hydrogens (tertiary/aromatic N) is 4. The van der Waals surface area contributed by atoms with Crippen LogP contribution >= 0.6 is 0 Å². The Kier molecular flexibility index (Phi) is 6.06. The quantitative estimate of drug-likeness (QED) is 0.456. The van der Waals surface area contributed by atoms with E-state index in [1.165, 1.54) is 12.7 Å². The van der Waals surface area contributed by atoms with Crippen molar-refractivity contribution in [3.8, 4) is 11.4 Å². The molecule has 2 aromatic carbocycles. The molecular weight excluding hydrogens is 469 g/mol. The number of hydrogen-bond acceptors (Lipinski definition) is 4. The average Bonchev–Trinajstić information content (AvgIpc) is 3.54. The van der Waals surface area contributed by atoms with Crippen LogP contribution in [-0.2, 0) is 18.0 Å². The van der Waals surface area contributed by atoms with Gasteiger partial charge in [-0.2, -0.15) is 18.3 Å². The third-order valence-electron chi connectivity index (χ3n) is 7.28. The summed E-state index contributed by atoms with van der Waals surface area (Å²) < 4.78 is 47.7. The van der Waals surface area contributed by atoms with Crippen molar-refractivity contribution in [3.05, 3.63) is 71.0 Å². The number of ether oxygens (including phenoxy) is 1. The van der Waals surface area contributed by atoms with E-state index in [9.17, 15) is 18.0 Å². The van der Waals surface area contributed by atoms with Gasteiger partial charge in [-0.15, -0.1) is 0 Å². The van der Waals surface area contributed by atoms with Crippen molar-refractivity contribution in [2.75, 3.05) is 39.2 Å². The van der Waals surface area contributed by atoms with E-state index in [-0.39, 0.29) is 29.6 Å². The molecule has 0 N–H and O–H groups in total. The molecule has 0 atom stereocenters. The number of fused-ring (bicyclic) bond motifs is 1. The van der Waals surface area contributed by atoms with Crippen molar-refractivity contribution in [2.24, 2.45) is 0 Å². The number of alkyl halides is 3. The SMILES string of the molecule is COc1ccc(-n2nc(C(F)(F)F)c3c2C(=O)N(c2ccc(C4(CCN(C)C)CC4)cc2)CC3)cc1. The molecule has 2 heterocycles. The first-order valence-corrected chi connectivity index (χ1v) is 12.0. The Hall–Kier alpha value is -3.33. The lowest BCUT2D eigenvalue weighted by Crippen LogP contribution is -2.39. The van der Waals surface area contributed by atoms with E-state index in [2.05, 4.69) is 36.2 Å². The second-order valence-corrected chi connectivity index (χ2v) is 9.87. The van der Waals surface area contributed by atoms with E-state index in [0.29, 0.717) is 17.1 Å². The van der Waals surface area contributed by atoms with Gasteiger partial charge in [0, 0.05) is 17.8 Å². The van der Waals surface area contributed by atoms with Crippen molar-refractivity contribution in [1.29, 1.82) is 0 Å². The molecule has 36 heavy (non-hydrogen) atoms. The maximum absolute atomic E-state index is 13.8. The van der Waals surface area contributed by atoms with E-state index < -0.39 is 17.8 Å². The molecular formula is C27H29F3N4O2. The van der Waals surface area contributed by atoms with E-state index in [1.807, 2.05) is 12.1 Å². The van der Waals surface area contributed by atoms with Gasteiger partial charge in [-0.25, -0.2) is 4.68 Å². The van der Waals surface area contributed by atoms with Gasteiger partial charge in [0.1, 0.15) is 11.4 Å². The number of aromatic nitrogens is 2. The molecule has 2 aliphatic rings. The minimum atomic E-state index is -4.66. The summed E-state index contributed by atoms with van der Waals surface area (Å²) in [6.45, 7) is 1.17. The molecule has 0 unspecified atom stereocenters. The Morgan fingerprint density at radius 2 is 1.67 bits per heavy atom. The smallest absolute Gasteiger partial charge is 0.435 e. The molecule has 0 bridgehead atoms. The first-order chi connectivity index (χ1) is 17.1. The van der Waals surface area contributed by atoms with Gasteiger partial charge in [0.25, 0.3) is 5.91 Å². The normalized spacial score (nSPS) is 16.9. The second kappa shape index (κ2) is 8.96. The predicted molar refractivity (Wildman–Crippen MR) is 131 cm³/mol. The zero-order chi connectivity index (χ0) is 25.7. The summed E-state index contributed by atoms with van der Waals surface area (Å²) >= 11 is 0. The summed E-state index contributed by atoms with van der Waals surface area (Å²) in [5.41, 5.74) is 1.37. The summed E-state index contributed by atoms with van der Waals surface area (Å²) in [5.74, 6) is 0.0689. The number of methoxy groups -OCH3 is 1. The zero-order valence-electron chi connectivity index (χ0n) is 20.6. The first-order valence-electron chi connectivity index (χ1n) is 12.0. The molecule has 1 aliphatic heterocycles. The van der Waals surface area contributed by atoms with E-state index >= 15 is 0 Å². The third-order valence-corrected chi connectivity index (χ3v) is 7.28. The molecule has 0 saturated heterocycles. The lowest BCUT2D eigenvalue weighted by molar-refractivity contribution is -0.141. The van der Waals surface area contributed by atoms with Crippen molar-refractivity contribution < 1.29 is 22.7 Å². The molecule has 6 nitrogen and oxygen atoms in total. The number of rotatable bonds is 7. The summed E-state index contributed by atoms with van der Waals surface area (Å²) in [6.07, 6.45) is -1.22. The minimum Gasteiger partial charge on any atom is -0.497 e. The zero-order valence-corrected chi connectivity index (χ0v) is 20.6. The van der Waals surface area contributed by atoms with Crippen molar-refractivity contribution >= 4 is 11.6 Å². The maximum atomic E-state index is 13.8. The van der Waals surface area contributed by atoms with Crippen LogP contribution < -0.4 is 9.64 Å². The van der Waals surface area contributed by atoms with Crippen LogP contribution in [0.25, 0.3) is 5.69 Å². The number of anilines is 1. The number of carbonyl (C=O) groups excluding carboxylic acids is 1. The summed E-state index contributed by atoms with van der Waals surface area (Å²) in [4.78, 5) is 17.3. The Morgan fingerprint density at radius 3 is 2.22 bits per heavy atom. The van der Waals surface area contributed by atoms with Crippen LogP contribution in [0.5, 0.6) is 5.75 Å². The average molecular weight is 499 g/mol. The maximum Gasteiger partial charge on any atom is 0.435 e. The van der Waals surface area contributed by atoms with E-state index in [0.717, 1.165) is 30.5 Å². The van der Waals surface area contributed by atoms with Gasteiger partial charge in [-0.3, -0.25) is 4.79 Å². The molecule has 5 rings (SSSR count). The summed E-state index contributed by atoms with van der Waals surface area (Å²) in [7, 11) is 5.64. The lowest BCUT2D eigenvalue weighted by Gasteiger charge is -2.28. The molecule has 1 aliphatic carbocycles. The van der Waals surface area contributed by atoms with E-state index in [4.69, 9.17) is 4.74 Å². The van der Waals surface area contributed by atoms with Crippen LogP contribution in [0.4, 0.5) is 18.9 Å². The standard InChI is InChI=1S/C27H29F3N4O2/c1-32(2)17-15-26(13-14-26)18-4-6-19(7-5-18)33-16-12-22-23(25(33)35)34(31-24(22)27(28,29)30)20-8-10-21(36-3)11-9-20/h4-11H,12-17H2,1-3H3. The molecule has 1 saturated carbocycles. The van der Waals surface area contributed by atoms with Crippen molar-refractivity contribution in [3.63, 3.8) is 0 Å². The lowest BCUT2D eigenvalue weighted by atomic mass is 9.92. The van der Waals surface area contributed by atoms with Crippen molar-refractivity contribution in [1.82, 2.24) is 14.7 Å². The first kappa shape index (κ1) is 24.4. The van der Waals surface area contributed by atoms with Crippen LogP contribution in [0.1, 0.15) is 46.6 Å². The highest BCUT2D eigenvalue weighted by molar-refractivity contribution is 6.07. The fourth-order valence-corrected chi connectivity index (χ4v) is 5.01. The molecule has 9 heteroatoms. The number of hydrogen-bond donors (Lipinski definition) is 0. The monoisotopic (exact) mass is 498 g/mol. The highest BCUT2D eigenvalue weighted by atomic mass is 19.4.